The molecule has 0 unspecified atom stereocenters. The Bertz CT molecular complexity index is 583. The van der Waals surface area contributed by atoms with Gasteiger partial charge in [-0.25, -0.2) is 0 Å². The van der Waals surface area contributed by atoms with E-state index in [1.165, 1.54) is 38.5 Å². The van der Waals surface area contributed by atoms with Crippen LogP contribution in [0.15, 0.2) is 24.3 Å². The van der Waals surface area contributed by atoms with E-state index in [4.69, 9.17) is 17.0 Å². The summed E-state index contributed by atoms with van der Waals surface area (Å²) in [5, 5.41) is 4.20. The van der Waals surface area contributed by atoms with E-state index in [1.807, 2.05) is 24.3 Å². The highest BCUT2D eigenvalue weighted by Gasteiger charge is 2.31. The SMILES string of the molecule is COc1ccc(NC(=S)N2CCC(N(C)[C@H]3CCCC[C@@H]3C)CC2)cc1. The summed E-state index contributed by atoms with van der Waals surface area (Å²) in [6.45, 7) is 4.51. The number of benzene rings is 1. The Kier molecular flexibility index (Phi) is 6.76. The van der Waals surface area contributed by atoms with Crippen molar-refractivity contribution in [2.24, 2.45) is 5.92 Å². The number of thiocarbonyl (C=S) groups is 1. The Hall–Kier alpha value is -1.33. The molecule has 5 heteroatoms. The average Bonchev–Trinajstić information content (AvgIpc) is 2.68. The van der Waals surface area contributed by atoms with Crippen LogP contribution < -0.4 is 10.1 Å². The van der Waals surface area contributed by atoms with Crippen LogP contribution in [0.1, 0.15) is 45.4 Å². The van der Waals surface area contributed by atoms with Gasteiger partial charge in [0.2, 0.25) is 0 Å². The maximum atomic E-state index is 5.64. The van der Waals surface area contributed by atoms with Crippen LogP contribution in [0.4, 0.5) is 5.69 Å². The van der Waals surface area contributed by atoms with Gasteiger partial charge in [-0.15, -0.1) is 0 Å². The molecule has 1 aromatic carbocycles. The molecular weight excluding hydrogens is 342 g/mol. The molecule has 1 heterocycles. The van der Waals surface area contributed by atoms with Crippen molar-refractivity contribution in [3.63, 3.8) is 0 Å². The Morgan fingerprint density at radius 3 is 2.38 bits per heavy atom. The van der Waals surface area contributed by atoms with Crippen molar-refractivity contribution < 1.29 is 4.74 Å². The number of ether oxygens (including phenoxy) is 1. The first-order valence-electron chi connectivity index (χ1n) is 10.0. The lowest BCUT2D eigenvalue weighted by atomic mass is 9.84. The third-order valence-corrected chi connectivity index (χ3v) is 6.62. The van der Waals surface area contributed by atoms with E-state index in [-0.39, 0.29) is 0 Å². The second kappa shape index (κ2) is 9.05. The lowest BCUT2D eigenvalue weighted by Gasteiger charge is -2.44. The minimum Gasteiger partial charge on any atom is -0.497 e. The summed E-state index contributed by atoms with van der Waals surface area (Å²) in [4.78, 5) is 5.00. The number of methoxy groups -OCH3 is 1. The standard InChI is InChI=1S/C21H33N3OS/c1-16-6-4-5-7-20(16)23(2)18-12-14-24(15-13-18)21(26)22-17-8-10-19(25-3)11-9-17/h8-11,16,18,20H,4-7,12-15H2,1-3H3,(H,22,26)/t16-,20-/m0/s1. The van der Waals surface area contributed by atoms with Crippen molar-refractivity contribution >= 4 is 23.0 Å². The van der Waals surface area contributed by atoms with Crippen molar-refractivity contribution in [2.45, 2.75) is 57.5 Å². The normalized spacial score (nSPS) is 24.5. The van der Waals surface area contributed by atoms with Gasteiger partial charge in [0.25, 0.3) is 0 Å². The largest absolute Gasteiger partial charge is 0.497 e. The highest BCUT2D eigenvalue weighted by Crippen LogP contribution is 2.30. The van der Waals surface area contributed by atoms with Gasteiger partial charge in [0.15, 0.2) is 5.11 Å². The van der Waals surface area contributed by atoms with Gasteiger partial charge in [0, 0.05) is 30.9 Å². The van der Waals surface area contributed by atoms with Crippen LogP contribution in [0, 0.1) is 5.92 Å². The fraction of sp³-hybridized carbons (Fsp3) is 0.667. The predicted octanol–water partition coefficient (Wildman–Crippen LogP) is 4.37. The van der Waals surface area contributed by atoms with Gasteiger partial charge in [0.05, 0.1) is 7.11 Å². The molecule has 4 nitrogen and oxygen atoms in total. The molecular formula is C21H33N3OS. The van der Waals surface area contributed by atoms with Crippen LogP contribution in [-0.4, -0.2) is 54.2 Å². The second-order valence-electron chi connectivity index (χ2n) is 7.87. The molecule has 0 bridgehead atoms. The van der Waals surface area contributed by atoms with E-state index in [0.717, 1.165) is 41.6 Å². The highest BCUT2D eigenvalue weighted by atomic mass is 32.1. The van der Waals surface area contributed by atoms with Gasteiger partial charge in [-0.3, -0.25) is 0 Å². The van der Waals surface area contributed by atoms with Crippen LogP contribution >= 0.6 is 12.2 Å². The molecule has 1 saturated heterocycles. The fourth-order valence-electron chi connectivity index (χ4n) is 4.53. The number of hydrogen-bond acceptors (Lipinski definition) is 3. The van der Waals surface area contributed by atoms with Gasteiger partial charge < -0.3 is 19.9 Å². The topological polar surface area (TPSA) is 27.7 Å². The number of rotatable bonds is 4. The van der Waals surface area contributed by atoms with Crippen LogP contribution in [-0.2, 0) is 0 Å². The van der Waals surface area contributed by atoms with E-state index < -0.39 is 0 Å². The van der Waals surface area contributed by atoms with Crippen LogP contribution in [0.5, 0.6) is 5.75 Å². The Morgan fingerprint density at radius 2 is 1.77 bits per heavy atom. The van der Waals surface area contributed by atoms with E-state index in [2.05, 4.69) is 29.1 Å². The molecule has 3 rings (SSSR count). The number of anilines is 1. The number of piperidine rings is 1. The first kappa shape index (κ1) is 19.4. The molecule has 0 radical (unpaired) electrons. The predicted molar refractivity (Wildman–Crippen MR) is 113 cm³/mol. The van der Waals surface area contributed by atoms with Gasteiger partial charge in [-0.2, -0.15) is 0 Å². The zero-order valence-electron chi connectivity index (χ0n) is 16.4. The molecule has 0 spiro atoms. The van der Waals surface area contributed by atoms with Crippen molar-refractivity contribution in [3.05, 3.63) is 24.3 Å². The molecule has 1 aliphatic carbocycles. The molecule has 1 aromatic rings. The monoisotopic (exact) mass is 375 g/mol. The van der Waals surface area contributed by atoms with Crippen molar-refractivity contribution in [1.82, 2.24) is 9.80 Å². The van der Waals surface area contributed by atoms with E-state index in [1.54, 1.807) is 7.11 Å². The number of likely N-dealkylation sites (tertiary alicyclic amines) is 1. The number of hydrogen-bond donors (Lipinski definition) is 1. The average molecular weight is 376 g/mol. The Morgan fingerprint density at radius 1 is 1.12 bits per heavy atom. The van der Waals surface area contributed by atoms with Gasteiger partial charge in [0.1, 0.15) is 5.75 Å². The minimum absolute atomic E-state index is 0.695. The smallest absolute Gasteiger partial charge is 0.173 e. The molecule has 1 saturated carbocycles. The molecule has 0 amide bonds. The zero-order valence-corrected chi connectivity index (χ0v) is 17.2. The zero-order chi connectivity index (χ0) is 18.5. The molecule has 144 valence electrons. The summed E-state index contributed by atoms with van der Waals surface area (Å²) >= 11 is 5.64. The third kappa shape index (κ3) is 4.68. The summed E-state index contributed by atoms with van der Waals surface area (Å²) < 4.78 is 5.21. The summed E-state index contributed by atoms with van der Waals surface area (Å²) in [6.07, 6.45) is 7.97. The van der Waals surface area contributed by atoms with Gasteiger partial charge in [-0.05, 0) is 75.1 Å². The lowest BCUT2D eigenvalue weighted by Crippen LogP contribution is -2.51. The summed E-state index contributed by atoms with van der Waals surface area (Å²) in [7, 11) is 4.03. The third-order valence-electron chi connectivity index (χ3n) is 6.26. The molecule has 2 fully saturated rings. The quantitative estimate of drug-likeness (QED) is 0.789. The molecule has 0 aromatic heterocycles. The first-order valence-corrected chi connectivity index (χ1v) is 10.4. The van der Waals surface area contributed by atoms with E-state index in [9.17, 15) is 0 Å². The van der Waals surface area contributed by atoms with Crippen molar-refractivity contribution in [3.8, 4) is 5.75 Å². The van der Waals surface area contributed by atoms with E-state index >= 15 is 0 Å². The maximum Gasteiger partial charge on any atom is 0.173 e. The summed E-state index contributed by atoms with van der Waals surface area (Å²) in [6, 6.07) is 9.39. The van der Waals surface area contributed by atoms with Crippen molar-refractivity contribution in [2.75, 3.05) is 32.6 Å². The molecule has 1 N–H and O–H groups in total. The summed E-state index contributed by atoms with van der Waals surface area (Å²) in [5.41, 5.74) is 1.02. The summed E-state index contributed by atoms with van der Waals surface area (Å²) in [5.74, 6) is 1.70. The number of nitrogens with zero attached hydrogens (tertiary/aromatic N) is 2. The van der Waals surface area contributed by atoms with Crippen LogP contribution in [0.3, 0.4) is 0 Å². The Labute approximate surface area is 163 Å². The van der Waals surface area contributed by atoms with E-state index in [0.29, 0.717) is 6.04 Å². The molecule has 1 aliphatic heterocycles. The highest BCUT2D eigenvalue weighted by molar-refractivity contribution is 7.80. The fourth-order valence-corrected chi connectivity index (χ4v) is 4.83. The molecule has 2 aliphatic rings. The van der Waals surface area contributed by atoms with Crippen molar-refractivity contribution in [1.29, 1.82) is 0 Å². The minimum atomic E-state index is 0.695. The lowest BCUT2D eigenvalue weighted by molar-refractivity contribution is 0.0691. The van der Waals surface area contributed by atoms with Crippen LogP contribution in [0.25, 0.3) is 0 Å². The Balaban J connectivity index is 1.48. The van der Waals surface area contributed by atoms with Crippen LogP contribution in [0.2, 0.25) is 0 Å². The second-order valence-corrected chi connectivity index (χ2v) is 8.26. The van der Waals surface area contributed by atoms with Gasteiger partial charge in [-0.1, -0.05) is 19.8 Å². The maximum absolute atomic E-state index is 5.64. The first-order chi connectivity index (χ1) is 12.6. The molecule has 26 heavy (non-hydrogen) atoms. The van der Waals surface area contributed by atoms with Gasteiger partial charge >= 0.3 is 0 Å². The molecule has 2 atom stereocenters. The number of nitrogens with one attached hydrogen (secondary N) is 1.